The number of aryl methyl sites for hydroxylation is 1. The molecule has 1 heterocycles. The van der Waals surface area contributed by atoms with E-state index in [2.05, 4.69) is 0 Å². The number of nitrogens with zero attached hydrogens (tertiary/aromatic N) is 2. The number of amides is 3. The quantitative estimate of drug-likeness (QED) is 0.474. The van der Waals surface area contributed by atoms with Gasteiger partial charge in [-0.05, 0) is 30.7 Å². The minimum absolute atomic E-state index is 0.390. The van der Waals surface area contributed by atoms with Gasteiger partial charge in [0.1, 0.15) is 6.29 Å². The number of carbonyl (C=O) groups is 4. The van der Waals surface area contributed by atoms with Gasteiger partial charge in [0.25, 0.3) is 17.7 Å². The zero-order valence-corrected chi connectivity index (χ0v) is 12.1. The Kier molecular flexibility index (Phi) is 4.31. The highest BCUT2D eigenvalue weighted by Crippen LogP contribution is 2.28. The van der Waals surface area contributed by atoms with Gasteiger partial charge in [0, 0.05) is 31.0 Å². The Morgan fingerprint density at radius 3 is 2.41 bits per heavy atom. The van der Waals surface area contributed by atoms with E-state index in [1.165, 1.54) is 24.1 Å². The number of aldehydes is 1. The molecule has 1 aliphatic heterocycles. The Bertz CT molecular complexity index is 701. The summed E-state index contributed by atoms with van der Waals surface area (Å²) in [6.07, 6.45) is 5.16. The number of rotatable bonds is 4. The fraction of sp³-hybridized carbons (Fsp3) is 0.125. The Labute approximate surface area is 127 Å². The van der Waals surface area contributed by atoms with Crippen molar-refractivity contribution in [3.8, 4) is 0 Å². The van der Waals surface area contributed by atoms with Crippen molar-refractivity contribution in [2.75, 3.05) is 16.8 Å². The van der Waals surface area contributed by atoms with Crippen LogP contribution in [0, 0.1) is 6.92 Å². The highest BCUT2D eigenvalue weighted by molar-refractivity contribution is 6.28. The molecule has 0 aliphatic carbocycles. The van der Waals surface area contributed by atoms with Crippen LogP contribution in [0.5, 0.6) is 0 Å². The summed E-state index contributed by atoms with van der Waals surface area (Å²) in [5, 5.41) is 0. The highest BCUT2D eigenvalue weighted by Gasteiger charge is 2.27. The van der Waals surface area contributed by atoms with Crippen LogP contribution in [-0.4, -0.2) is 31.1 Å². The van der Waals surface area contributed by atoms with Crippen LogP contribution < -0.4 is 9.80 Å². The van der Waals surface area contributed by atoms with Crippen LogP contribution in [0.15, 0.2) is 42.5 Å². The molecule has 0 atom stereocenters. The summed E-state index contributed by atoms with van der Waals surface area (Å²) in [7, 11) is 1.54. The van der Waals surface area contributed by atoms with Crippen LogP contribution in [0.25, 0.3) is 0 Å². The Balaban J connectivity index is 2.37. The summed E-state index contributed by atoms with van der Waals surface area (Å²) in [6.45, 7) is 1.77. The number of anilines is 2. The van der Waals surface area contributed by atoms with Crippen LogP contribution in [0.4, 0.5) is 11.4 Å². The summed E-state index contributed by atoms with van der Waals surface area (Å²) in [4.78, 5) is 48.1. The topological polar surface area (TPSA) is 74.8 Å². The largest absolute Gasteiger partial charge is 0.312 e. The lowest BCUT2D eigenvalue weighted by Crippen LogP contribution is -2.31. The fourth-order valence-corrected chi connectivity index (χ4v) is 2.05. The molecular weight excluding hydrogens is 284 g/mol. The number of hydrogen-bond donors (Lipinski definition) is 0. The minimum Gasteiger partial charge on any atom is -0.312 e. The molecule has 1 aromatic rings. The van der Waals surface area contributed by atoms with Crippen LogP contribution in [-0.2, 0) is 19.2 Å². The van der Waals surface area contributed by atoms with Crippen molar-refractivity contribution in [3.63, 3.8) is 0 Å². The summed E-state index contributed by atoms with van der Waals surface area (Å²) in [5.41, 5.74) is 1.67. The van der Waals surface area contributed by atoms with Crippen molar-refractivity contribution in [1.29, 1.82) is 0 Å². The molecule has 0 bridgehead atoms. The molecule has 22 heavy (non-hydrogen) atoms. The normalized spacial score (nSPS) is 14.0. The van der Waals surface area contributed by atoms with Gasteiger partial charge in [0.05, 0.1) is 5.69 Å². The first-order valence-electron chi connectivity index (χ1n) is 6.52. The van der Waals surface area contributed by atoms with Gasteiger partial charge >= 0.3 is 0 Å². The third-order valence-electron chi connectivity index (χ3n) is 3.28. The van der Waals surface area contributed by atoms with Gasteiger partial charge in [-0.1, -0.05) is 6.07 Å². The van der Waals surface area contributed by atoms with E-state index in [0.717, 1.165) is 22.6 Å². The summed E-state index contributed by atoms with van der Waals surface area (Å²) < 4.78 is 0. The van der Waals surface area contributed by atoms with Crippen LogP contribution in [0.1, 0.15) is 5.56 Å². The minimum atomic E-state index is -0.417. The van der Waals surface area contributed by atoms with E-state index in [9.17, 15) is 19.2 Å². The Morgan fingerprint density at radius 2 is 1.82 bits per heavy atom. The number of likely N-dealkylation sites (N-methyl/N-ethyl adjacent to an activating group) is 1. The molecule has 0 saturated carbocycles. The maximum atomic E-state index is 11.9. The number of carbonyl (C=O) groups excluding carboxylic acids is 4. The first kappa shape index (κ1) is 15.4. The first-order valence-corrected chi connectivity index (χ1v) is 6.52. The van der Waals surface area contributed by atoms with Crippen molar-refractivity contribution < 1.29 is 19.2 Å². The van der Waals surface area contributed by atoms with E-state index in [1.807, 2.05) is 0 Å². The molecule has 0 radical (unpaired) electrons. The molecule has 112 valence electrons. The molecular formula is C16H14N2O4. The zero-order valence-electron chi connectivity index (χ0n) is 12.1. The lowest BCUT2D eigenvalue weighted by Gasteiger charge is -2.21. The number of allylic oxidation sites excluding steroid dienone is 1. The van der Waals surface area contributed by atoms with Gasteiger partial charge < -0.3 is 4.90 Å². The molecule has 3 amide bonds. The number of benzene rings is 1. The number of hydrogen-bond acceptors (Lipinski definition) is 4. The molecule has 0 spiro atoms. The van der Waals surface area contributed by atoms with Crippen molar-refractivity contribution in [3.05, 3.63) is 48.1 Å². The number of imide groups is 1. The average molecular weight is 298 g/mol. The molecule has 2 rings (SSSR count). The predicted octanol–water partition coefficient (Wildman–Crippen LogP) is 1.14. The van der Waals surface area contributed by atoms with Gasteiger partial charge in [-0.2, -0.15) is 0 Å². The lowest BCUT2D eigenvalue weighted by atomic mass is 10.1. The SMILES string of the molecule is Cc1ccc(N(C)C(=O)/C=C\C=O)cc1N1C(=O)C=CC1=O. The average Bonchev–Trinajstić information content (AvgIpc) is 2.84. The second-order valence-electron chi connectivity index (χ2n) is 4.71. The molecule has 0 N–H and O–H groups in total. The van der Waals surface area contributed by atoms with Gasteiger partial charge in [0.2, 0.25) is 0 Å². The molecule has 0 fully saturated rings. The van der Waals surface area contributed by atoms with E-state index in [1.54, 1.807) is 25.1 Å². The van der Waals surface area contributed by atoms with Gasteiger partial charge in [0.15, 0.2) is 0 Å². The predicted molar refractivity (Wildman–Crippen MR) is 81.4 cm³/mol. The summed E-state index contributed by atoms with van der Waals surface area (Å²) >= 11 is 0. The monoisotopic (exact) mass is 298 g/mol. The van der Waals surface area contributed by atoms with Crippen molar-refractivity contribution in [2.24, 2.45) is 0 Å². The van der Waals surface area contributed by atoms with Crippen molar-refractivity contribution in [2.45, 2.75) is 6.92 Å². The molecule has 6 nitrogen and oxygen atoms in total. The van der Waals surface area contributed by atoms with Gasteiger partial charge in [-0.15, -0.1) is 0 Å². The smallest absolute Gasteiger partial charge is 0.258 e. The molecule has 0 aromatic heterocycles. The van der Waals surface area contributed by atoms with E-state index >= 15 is 0 Å². The van der Waals surface area contributed by atoms with Crippen LogP contribution in [0.2, 0.25) is 0 Å². The fourth-order valence-electron chi connectivity index (χ4n) is 2.05. The van der Waals surface area contributed by atoms with E-state index < -0.39 is 11.8 Å². The van der Waals surface area contributed by atoms with E-state index in [0.29, 0.717) is 17.7 Å². The summed E-state index contributed by atoms with van der Waals surface area (Å²) in [6, 6.07) is 5.01. The second kappa shape index (κ2) is 6.17. The highest BCUT2D eigenvalue weighted by atomic mass is 16.2. The molecule has 1 aliphatic rings. The zero-order chi connectivity index (χ0) is 16.3. The van der Waals surface area contributed by atoms with Crippen molar-refractivity contribution >= 4 is 35.4 Å². The Morgan fingerprint density at radius 1 is 1.18 bits per heavy atom. The third-order valence-corrected chi connectivity index (χ3v) is 3.28. The van der Waals surface area contributed by atoms with E-state index in [4.69, 9.17) is 0 Å². The first-order chi connectivity index (χ1) is 10.5. The lowest BCUT2D eigenvalue weighted by molar-refractivity contribution is -0.120. The maximum absolute atomic E-state index is 11.9. The van der Waals surface area contributed by atoms with Gasteiger partial charge in [-0.3, -0.25) is 19.2 Å². The molecule has 6 heteroatoms. The second-order valence-corrected chi connectivity index (χ2v) is 4.71. The summed E-state index contributed by atoms with van der Waals surface area (Å²) in [5.74, 6) is -1.22. The van der Waals surface area contributed by atoms with Gasteiger partial charge in [-0.25, -0.2) is 4.90 Å². The van der Waals surface area contributed by atoms with Crippen LogP contribution >= 0.6 is 0 Å². The third kappa shape index (κ3) is 2.85. The Hall–Kier alpha value is -3.02. The molecule has 0 saturated heterocycles. The van der Waals surface area contributed by atoms with Crippen molar-refractivity contribution in [1.82, 2.24) is 0 Å². The van der Waals surface area contributed by atoms with Crippen LogP contribution in [0.3, 0.4) is 0 Å². The molecule has 1 aromatic carbocycles. The maximum Gasteiger partial charge on any atom is 0.258 e. The standard InChI is InChI=1S/C16H14N2O4/c1-11-5-6-12(17(2)14(20)4-3-9-19)10-13(11)18-15(21)7-8-16(18)22/h3-10H,1-2H3/b4-3-. The van der Waals surface area contributed by atoms with E-state index in [-0.39, 0.29) is 5.91 Å². The molecule has 0 unspecified atom stereocenters.